The fourth-order valence-electron chi connectivity index (χ4n) is 3.71. The molecular weight excluding hydrogens is 358 g/mol. The molecule has 1 aliphatic carbocycles. The minimum absolute atomic E-state index is 0.349. The molecular formula is C21H25N3S2. The van der Waals surface area contributed by atoms with Crippen molar-refractivity contribution in [1.82, 2.24) is 9.97 Å². The van der Waals surface area contributed by atoms with E-state index in [1.165, 1.54) is 22.4 Å². The van der Waals surface area contributed by atoms with Crippen molar-refractivity contribution in [1.29, 1.82) is 0 Å². The van der Waals surface area contributed by atoms with E-state index in [0.29, 0.717) is 11.2 Å². The summed E-state index contributed by atoms with van der Waals surface area (Å²) >= 11 is 3.48. The first-order chi connectivity index (χ1) is 12.4. The average Bonchev–Trinajstić information content (AvgIpc) is 2.98. The van der Waals surface area contributed by atoms with E-state index in [0.717, 1.165) is 39.9 Å². The normalized spacial score (nSPS) is 17.4. The highest BCUT2D eigenvalue weighted by atomic mass is 32.2. The van der Waals surface area contributed by atoms with Crippen molar-refractivity contribution < 1.29 is 0 Å². The fraction of sp³-hybridized carbons (Fsp3) is 0.429. The molecule has 26 heavy (non-hydrogen) atoms. The highest BCUT2D eigenvalue weighted by Crippen LogP contribution is 2.44. The highest BCUT2D eigenvalue weighted by Gasteiger charge is 2.31. The molecule has 3 aromatic rings. The summed E-state index contributed by atoms with van der Waals surface area (Å²) in [5, 5.41) is 1.89. The van der Waals surface area contributed by atoms with Crippen LogP contribution in [0.15, 0.2) is 35.5 Å². The number of aromatic nitrogens is 2. The largest absolute Gasteiger partial charge is 0.383 e. The first kappa shape index (κ1) is 17.8. The molecule has 5 heteroatoms. The maximum atomic E-state index is 6.36. The Morgan fingerprint density at radius 2 is 1.96 bits per heavy atom. The summed E-state index contributed by atoms with van der Waals surface area (Å²) in [4.78, 5) is 12.0. The maximum Gasteiger partial charge on any atom is 0.191 e. The summed E-state index contributed by atoms with van der Waals surface area (Å²) in [7, 11) is 0. The van der Waals surface area contributed by atoms with Crippen LogP contribution in [0.2, 0.25) is 0 Å². The SMILES string of the molecule is CC(C)(C)[C@H]1CCc2c(sc3nc(SCc4ccccc4)nc(N)c23)C1. The van der Waals surface area contributed by atoms with Crippen molar-refractivity contribution in [3.8, 4) is 0 Å². The van der Waals surface area contributed by atoms with Gasteiger partial charge in [0.2, 0.25) is 0 Å². The number of nitrogens with two attached hydrogens (primary N) is 1. The van der Waals surface area contributed by atoms with Gasteiger partial charge in [0.1, 0.15) is 10.6 Å². The van der Waals surface area contributed by atoms with Crippen LogP contribution in [-0.2, 0) is 18.6 Å². The number of nitrogens with zero attached hydrogens (tertiary/aromatic N) is 2. The van der Waals surface area contributed by atoms with Crippen LogP contribution in [0.1, 0.15) is 43.2 Å². The standard InChI is InChI=1S/C21H25N3S2/c1-21(2,3)14-9-10-15-16(11-14)26-19-17(15)18(22)23-20(24-19)25-12-13-7-5-4-6-8-13/h4-8,14H,9-12H2,1-3H3,(H2,22,23,24)/t14-/m0/s1. The average molecular weight is 384 g/mol. The molecule has 0 radical (unpaired) electrons. The number of anilines is 1. The summed E-state index contributed by atoms with van der Waals surface area (Å²) in [6, 6.07) is 10.4. The molecule has 0 saturated carbocycles. The zero-order valence-corrected chi connectivity index (χ0v) is 17.2. The minimum atomic E-state index is 0.349. The first-order valence-corrected chi connectivity index (χ1v) is 11.0. The summed E-state index contributed by atoms with van der Waals surface area (Å²) in [6.07, 6.45) is 3.47. The van der Waals surface area contributed by atoms with E-state index in [2.05, 4.69) is 50.0 Å². The molecule has 0 aliphatic heterocycles. The van der Waals surface area contributed by atoms with Crippen LogP contribution in [0.4, 0.5) is 5.82 Å². The van der Waals surface area contributed by atoms with Gasteiger partial charge in [-0.2, -0.15) is 0 Å². The lowest BCUT2D eigenvalue weighted by atomic mass is 9.72. The minimum Gasteiger partial charge on any atom is -0.383 e. The second-order valence-electron chi connectivity index (χ2n) is 8.16. The van der Waals surface area contributed by atoms with E-state index >= 15 is 0 Å². The zero-order chi connectivity index (χ0) is 18.3. The molecule has 1 aliphatic rings. The molecule has 0 bridgehead atoms. The van der Waals surface area contributed by atoms with Gasteiger partial charge in [-0.05, 0) is 41.7 Å². The quantitative estimate of drug-likeness (QED) is 0.464. The third-order valence-corrected chi connectivity index (χ3v) is 7.42. The number of fused-ring (bicyclic) bond motifs is 3. The molecule has 2 N–H and O–H groups in total. The fourth-order valence-corrected chi connectivity index (χ4v) is 5.88. The van der Waals surface area contributed by atoms with E-state index in [1.54, 1.807) is 11.8 Å². The van der Waals surface area contributed by atoms with E-state index in [-0.39, 0.29) is 0 Å². The van der Waals surface area contributed by atoms with Gasteiger partial charge in [0, 0.05) is 10.6 Å². The van der Waals surface area contributed by atoms with Crippen LogP contribution < -0.4 is 5.73 Å². The van der Waals surface area contributed by atoms with Crippen LogP contribution in [0.3, 0.4) is 0 Å². The molecule has 2 aromatic heterocycles. The van der Waals surface area contributed by atoms with Crippen molar-refractivity contribution in [2.75, 3.05) is 5.73 Å². The smallest absolute Gasteiger partial charge is 0.191 e. The van der Waals surface area contributed by atoms with Crippen molar-refractivity contribution in [2.24, 2.45) is 11.3 Å². The molecule has 0 saturated heterocycles. The van der Waals surface area contributed by atoms with E-state index in [1.807, 2.05) is 17.4 Å². The van der Waals surface area contributed by atoms with E-state index in [9.17, 15) is 0 Å². The van der Waals surface area contributed by atoms with Gasteiger partial charge in [0.05, 0.1) is 5.39 Å². The van der Waals surface area contributed by atoms with Crippen molar-refractivity contribution >= 4 is 39.1 Å². The maximum absolute atomic E-state index is 6.36. The van der Waals surface area contributed by atoms with Gasteiger partial charge >= 0.3 is 0 Å². The van der Waals surface area contributed by atoms with E-state index < -0.39 is 0 Å². The molecule has 0 fully saturated rings. The topological polar surface area (TPSA) is 51.8 Å². The Kier molecular flexibility index (Phi) is 4.70. The third kappa shape index (κ3) is 3.47. The predicted octanol–water partition coefficient (Wildman–Crippen LogP) is 5.72. The van der Waals surface area contributed by atoms with Gasteiger partial charge in [-0.15, -0.1) is 11.3 Å². The van der Waals surface area contributed by atoms with Gasteiger partial charge in [-0.1, -0.05) is 62.9 Å². The van der Waals surface area contributed by atoms with Crippen LogP contribution in [0, 0.1) is 11.3 Å². The molecule has 1 aromatic carbocycles. The van der Waals surface area contributed by atoms with E-state index in [4.69, 9.17) is 10.7 Å². The van der Waals surface area contributed by atoms with Crippen LogP contribution in [0.25, 0.3) is 10.2 Å². The Balaban J connectivity index is 1.62. The van der Waals surface area contributed by atoms with Gasteiger partial charge in [0.25, 0.3) is 0 Å². The molecule has 0 spiro atoms. The number of nitrogen functional groups attached to an aromatic ring is 1. The highest BCUT2D eigenvalue weighted by molar-refractivity contribution is 7.98. The second-order valence-corrected chi connectivity index (χ2v) is 10.2. The van der Waals surface area contributed by atoms with Crippen LogP contribution in [0.5, 0.6) is 0 Å². The Bertz CT molecular complexity index is 926. The number of rotatable bonds is 3. The number of thiophene rings is 1. The number of hydrogen-bond acceptors (Lipinski definition) is 5. The van der Waals surface area contributed by atoms with Gasteiger partial charge < -0.3 is 5.73 Å². The summed E-state index contributed by atoms with van der Waals surface area (Å²) in [5.41, 5.74) is 9.39. The van der Waals surface area contributed by atoms with Gasteiger partial charge in [-0.3, -0.25) is 0 Å². The zero-order valence-electron chi connectivity index (χ0n) is 15.6. The lowest BCUT2D eigenvalue weighted by Crippen LogP contribution is -2.26. The lowest BCUT2D eigenvalue weighted by molar-refractivity contribution is 0.218. The summed E-state index contributed by atoms with van der Waals surface area (Å²) in [6.45, 7) is 7.05. The molecule has 1 atom stereocenters. The Morgan fingerprint density at radius 3 is 2.69 bits per heavy atom. The lowest BCUT2D eigenvalue weighted by Gasteiger charge is -2.33. The number of hydrogen-bond donors (Lipinski definition) is 1. The van der Waals surface area contributed by atoms with Crippen LogP contribution >= 0.6 is 23.1 Å². The molecule has 0 amide bonds. The molecule has 4 rings (SSSR count). The third-order valence-electron chi connectivity index (χ3n) is 5.35. The number of thioether (sulfide) groups is 1. The van der Waals surface area contributed by atoms with Crippen molar-refractivity contribution in [2.45, 2.75) is 50.9 Å². The van der Waals surface area contributed by atoms with Gasteiger partial charge in [-0.25, -0.2) is 9.97 Å². The Morgan fingerprint density at radius 1 is 1.19 bits per heavy atom. The molecule has 136 valence electrons. The first-order valence-electron chi connectivity index (χ1n) is 9.16. The van der Waals surface area contributed by atoms with Crippen LogP contribution in [-0.4, -0.2) is 9.97 Å². The van der Waals surface area contributed by atoms with Gasteiger partial charge in [0.15, 0.2) is 5.16 Å². The molecule has 0 unspecified atom stereocenters. The van der Waals surface area contributed by atoms with Crippen molar-refractivity contribution in [3.05, 3.63) is 46.3 Å². The van der Waals surface area contributed by atoms with Crippen molar-refractivity contribution in [3.63, 3.8) is 0 Å². The second kappa shape index (κ2) is 6.86. The Labute approximate surface area is 163 Å². The monoisotopic (exact) mass is 383 g/mol. The Hall–Kier alpha value is -1.59. The molecule has 3 nitrogen and oxygen atoms in total. The summed E-state index contributed by atoms with van der Waals surface area (Å²) < 4.78 is 0. The summed E-state index contributed by atoms with van der Waals surface area (Å²) in [5.74, 6) is 2.24. The predicted molar refractivity (Wildman–Crippen MR) is 113 cm³/mol. The number of aryl methyl sites for hydroxylation is 1. The molecule has 2 heterocycles. The number of benzene rings is 1.